The van der Waals surface area contributed by atoms with Crippen LogP contribution in [0.25, 0.3) is 0 Å². The van der Waals surface area contributed by atoms with Gasteiger partial charge in [0.2, 0.25) is 0 Å². The minimum Gasteiger partial charge on any atom is -0.462 e. The van der Waals surface area contributed by atoms with Crippen LogP contribution in [0.1, 0.15) is 142 Å². The summed E-state index contributed by atoms with van der Waals surface area (Å²) in [5, 5.41) is 41.3. The lowest BCUT2D eigenvalue weighted by molar-refractivity contribution is -0.216. The molecular formula is C51H82O17P2. The average molecular weight is 1030 g/mol. The molecule has 0 aromatic rings. The lowest BCUT2D eigenvalue weighted by Gasteiger charge is -2.43. The van der Waals surface area contributed by atoms with Crippen molar-refractivity contribution in [3.8, 4) is 0 Å². The van der Waals surface area contributed by atoms with Gasteiger partial charge in [-0.15, -0.1) is 0 Å². The summed E-state index contributed by atoms with van der Waals surface area (Å²) in [4.78, 5) is 54.4. The molecule has 1 aliphatic heterocycles. The van der Waals surface area contributed by atoms with E-state index < -0.39 is 83.5 Å². The van der Waals surface area contributed by atoms with Gasteiger partial charge in [-0.2, -0.15) is 0 Å². The van der Waals surface area contributed by atoms with Crippen molar-refractivity contribution in [2.45, 2.75) is 197 Å². The molecule has 70 heavy (non-hydrogen) atoms. The molecule has 0 radical (unpaired) electrons. The Bertz CT molecular complexity index is 1790. The van der Waals surface area contributed by atoms with Gasteiger partial charge in [0.15, 0.2) is 6.10 Å². The van der Waals surface area contributed by atoms with Gasteiger partial charge in [0, 0.05) is 12.8 Å². The molecule has 1 saturated carbocycles. The van der Waals surface area contributed by atoms with Crippen LogP contribution in [0.4, 0.5) is 0 Å². The molecule has 0 amide bonds. The summed E-state index contributed by atoms with van der Waals surface area (Å²) in [6.07, 6.45) is 35.2. The standard InChI is InChI=1S/C51H82O17P2/c1-3-5-7-9-11-13-14-15-16-17-18-19-20-21-22-24-26-28-34-38-45(53)65-41(40-64-70(61,62)68-51-48(56)46(54)47(55)50(49(51)57)67-69(58,59)60)39-63-44(52)37-33-30-29-32-36-43-42(66-43)35-31-27-25-23-12-10-8-6-4-2/h5,7,11-13,15-16,18-19,21-23,27,29,31-32,41-43,46-51,54-57H,3-4,6,8-10,14,17,20,24-26,28,30,33-40H2,1-2H3,(H,61,62)(H2,58,59,60)/b7-5-,13-11-,16-15-,19-18-,22-21-,23-12-,31-27-,32-29-/t41-,42?,43?,46?,47?,48?,49?,50-,51+/m1/s1. The fraction of sp³-hybridized carbons (Fsp3) is 0.647. The van der Waals surface area contributed by atoms with Gasteiger partial charge in [-0.05, 0) is 96.3 Å². The lowest BCUT2D eigenvalue weighted by Crippen LogP contribution is -2.64. The number of phosphoric ester groups is 2. The SMILES string of the molecule is CC/C=C\C/C=C\C/C=C\C/C=C\C/C=C\CCCCCC(=O)O[C@H](COC(=O)CCC/C=C\CC1OC1C/C=C\C/C=C\CCCCC)COP(=O)(O)O[C@H]1C(O)C(O)C(O)[C@@H](OP(=O)(O)O)C1O. The molecule has 2 aliphatic rings. The number of allylic oxidation sites excluding steroid dienone is 14. The first-order valence-corrected chi connectivity index (χ1v) is 27.9. The molecule has 0 aromatic heterocycles. The van der Waals surface area contributed by atoms with Crippen molar-refractivity contribution in [3.05, 3.63) is 97.2 Å². The minimum atomic E-state index is -5.38. The Hall–Kier alpha value is -3.12. The van der Waals surface area contributed by atoms with Crippen LogP contribution in [0, 0.1) is 0 Å². The number of esters is 2. The van der Waals surface area contributed by atoms with Gasteiger partial charge < -0.3 is 49.3 Å². The predicted octanol–water partition coefficient (Wildman–Crippen LogP) is 8.94. The molecule has 1 heterocycles. The topological polar surface area (TPSA) is 269 Å². The van der Waals surface area contributed by atoms with Gasteiger partial charge in [-0.3, -0.25) is 23.2 Å². The van der Waals surface area contributed by atoms with Crippen molar-refractivity contribution in [2.75, 3.05) is 13.2 Å². The maximum absolute atomic E-state index is 13.0. The Morgan fingerprint density at radius 1 is 0.529 bits per heavy atom. The summed E-state index contributed by atoms with van der Waals surface area (Å²) in [6, 6.07) is 0. The van der Waals surface area contributed by atoms with Gasteiger partial charge in [-0.25, -0.2) is 9.13 Å². The number of phosphoric acid groups is 2. The monoisotopic (exact) mass is 1030 g/mol. The van der Waals surface area contributed by atoms with Gasteiger partial charge in [0.1, 0.15) is 43.2 Å². The van der Waals surface area contributed by atoms with Crippen LogP contribution in [0.3, 0.4) is 0 Å². The maximum atomic E-state index is 13.0. The van der Waals surface area contributed by atoms with E-state index in [1.807, 2.05) is 12.2 Å². The van der Waals surface area contributed by atoms with E-state index in [4.69, 9.17) is 23.3 Å². The zero-order valence-electron chi connectivity index (χ0n) is 41.1. The first-order valence-electron chi connectivity index (χ1n) is 24.9. The molecule has 0 spiro atoms. The number of unbranched alkanes of at least 4 members (excludes halogenated alkanes) is 7. The zero-order valence-corrected chi connectivity index (χ0v) is 42.9. The number of carbonyl (C=O) groups excluding carboxylic acids is 2. The van der Waals surface area contributed by atoms with Crippen molar-refractivity contribution in [3.63, 3.8) is 0 Å². The number of epoxide rings is 1. The summed E-state index contributed by atoms with van der Waals surface area (Å²) >= 11 is 0. The van der Waals surface area contributed by atoms with Crippen molar-refractivity contribution in [1.82, 2.24) is 0 Å². The van der Waals surface area contributed by atoms with Crippen molar-refractivity contribution >= 4 is 27.6 Å². The Labute approximate surface area is 415 Å². The second kappa shape index (κ2) is 37.6. The number of rotatable bonds is 39. The van der Waals surface area contributed by atoms with E-state index in [9.17, 15) is 53.8 Å². The van der Waals surface area contributed by atoms with Gasteiger partial charge in [0.05, 0.1) is 18.8 Å². The molecule has 7 N–H and O–H groups in total. The molecule has 2 fully saturated rings. The Kier molecular flexibility index (Phi) is 33.8. The van der Waals surface area contributed by atoms with E-state index in [-0.39, 0.29) is 25.0 Å². The fourth-order valence-corrected chi connectivity index (χ4v) is 8.62. The Balaban J connectivity index is 1.82. The largest absolute Gasteiger partial charge is 0.472 e. The highest BCUT2D eigenvalue weighted by molar-refractivity contribution is 7.47. The molecule has 19 heteroatoms. The number of hydrogen-bond donors (Lipinski definition) is 7. The van der Waals surface area contributed by atoms with Crippen LogP contribution in [0.5, 0.6) is 0 Å². The highest BCUT2D eigenvalue weighted by Crippen LogP contribution is 2.49. The third-order valence-electron chi connectivity index (χ3n) is 11.0. The van der Waals surface area contributed by atoms with Crippen molar-refractivity contribution in [2.24, 2.45) is 0 Å². The van der Waals surface area contributed by atoms with Gasteiger partial charge in [-0.1, -0.05) is 130 Å². The highest BCUT2D eigenvalue weighted by Gasteiger charge is 2.54. The molecular weight excluding hydrogens is 946 g/mol. The number of hydrogen-bond acceptors (Lipinski definition) is 14. The third kappa shape index (κ3) is 30.7. The molecule has 0 bridgehead atoms. The van der Waals surface area contributed by atoms with E-state index >= 15 is 0 Å². The van der Waals surface area contributed by atoms with Crippen molar-refractivity contribution < 1.29 is 81.6 Å². The summed E-state index contributed by atoms with van der Waals surface area (Å²) in [5.41, 5.74) is 0. The van der Waals surface area contributed by atoms with Crippen LogP contribution in [0.15, 0.2) is 97.2 Å². The summed E-state index contributed by atoms with van der Waals surface area (Å²) < 4.78 is 55.1. The summed E-state index contributed by atoms with van der Waals surface area (Å²) in [7, 11) is -10.7. The second-order valence-corrected chi connectivity index (χ2v) is 19.8. The molecule has 0 aromatic carbocycles. The maximum Gasteiger partial charge on any atom is 0.472 e. The summed E-state index contributed by atoms with van der Waals surface area (Å²) in [6.45, 7) is 2.88. The average Bonchev–Trinajstić information content (AvgIpc) is 4.08. The van der Waals surface area contributed by atoms with Crippen LogP contribution >= 0.6 is 15.6 Å². The molecule has 398 valence electrons. The highest BCUT2D eigenvalue weighted by atomic mass is 31.2. The fourth-order valence-electron chi connectivity index (χ4n) is 7.08. The number of aliphatic hydroxyl groups is 4. The first kappa shape index (κ1) is 63.0. The van der Waals surface area contributed by atoms with Crippen LogP contribution in [0.2, 0.25) is 0 Å². The first-order chi connectivity index (χ1) is 33.6. The molecule has 17 nitrogen and oxygen atoms in total. The Morgan fingerprint density at radius 2 is 1.00 bits per heavy atom. The van der Waals surface area contributed by atoms with E-state index in [1.165, 1.54) is 19.3 Å². The number of aliphatic hydroxyl groups excluding tert-OH is 4. The van der Waals surface area contributed by atoms with Gasteiger partial charge in [0.25, 0.3) is 0 Å². The number of ether oxygens (including phenoxy) is 3. The van der Waals surface area contributed by atoms with Gasteiger partial charge >= 0.3 is 27.6 Å². The molecule has 1 saturated heterocycles. The van der Waals surface area contributed by atoms with Crippen LogP contribution in [-0.4, -0.2) is 115 Å². The van der Waals surface area contributed by atoms with Crippen molar-refractivity contribution in [1.29, 1.82) is 0 Å². The normalized spacial score (nSPS) is 24.7. The Morgan fingerprint density at radius 3 is 1.56 bits per heavy atom. The minimum absolute atomic E-state index is 0.0163. The predicted molar refractivity (Wildman–Crippen MR) is 268 cm³/mol. The smallest absolute Gasteiger partial charge is 0.462 e. The zero-order chi connectivity index (χ0) is 51.5. The third-order valence-corrected chi connectivity index (χ3v) is 12.5. The van der Waals surface area contributed by atoms with E-state index in [2.05, 4.69) is 103 Å². The second-order valence-electron chi connectivity index (χ2n) is 17.2. The number of carbonyl (C=O) groups is 2. The summed E-state index contributed by atoms with van der Waals surface area (Å²) in [5.74, 6) is -1.33. The van der Waals surface area contributed by atoms with Crippen LogP contribution < -0.4 is 0 Å². The lowest BCUT2D eigenvalue weighted by atomic mass is 9.85. The van der Waals surface area contributed by atoms with E-state index in [0.29, 0.717) is 25.7 Å². The molecule has 10 atom stereocenters. The van der Waals surface area contributed by atoms with E-state index in [0.717, 1.165) is 70.6 Å². The van der Waals surface area contributed by atoms with E-state index in [1.54, 1.807) is 0 Å². The molecule has 1 aliphatic carbocycles. The van der Waals surface area contributed by atoms with Crippen LogP contribution in [-0.2, 0) is 46.5 Å². The molecule has 7 unspecified atom stereocenters. The quantitative estimate of drug-likeness (QED) is 0.00995. The molecule has 2 rings (SSSR count).